The molecule has 3 heteroatoms. The Morgan fingerprint density at radius 1 is 0.426 bits per heavy atom. The minimum Gasteiger partial charge on any atom is -0.455 e. The highest BCUT2D eigenvalue weighted by Crippen LogP contribution is 2.46. The third-order valence-corrected chi connectivity index (χ3v) is 10.6. The molecule has 47 heavy (non-hydrogen) atoms. The normalized spacial score (nSPS) is 11.8. The summed E-state index contributed by atoms with van der Waals surface area (Å²) in [4.78, 5) is 2.41. The van der Waals surface area contributed by atoms with Crippen LogP contribution in [-0.4, -0.2) is 0 Å². The lowest BCUT2D eigenvalue weighted by atomic mass is 10.0. The first kappa shape index (κ1) is 26.3. The Hall–Kier alpha value is -5.90. The molecule has 0 radical (unpaired) electrons. The van der Waals surface area contributed by atoms with Gasteiger partial charge < -0.3 is 9.32 Å². The topological polar surface area (TPSA) is 16.4 Å². The number of fused-ring (bicyclic) bond motifs is 9. The molecule has 0 spiro atoms. The Morgan fingerprint density at radius 2 is 1.09 bits per heavy atom. The first-order valence-electron chi connectivity index (χ1n) is 15.9. The lowest BCUT2D eigenvalue weighted by Crippen LogP contribution is -2.10. The van der Waals surface area contributed by atoms with Gasteiger partial charge in [0.05, 0.1) is 5.69 Å². The Labute approximate surface area is 275 Å². The van der Waals surface area contributed by atoms with E-state index in [2.05, 4.69) is 169 Å². The number of furan rings is 1. The Balaban J connectivity index is 1.16. The lowest BCUT2D eigenvalue weighted by molar-refractivity contribution is 0.674. The van der Waals surface area contributed by atoms with Gasteiger partial charge in [0.25, 0.3) is 0 Å². The molecular weight excluding hydrogens is 591 g/mol. The van der Waals surface area contributed by atoms with E-state index in [1.807, 2.05) is 11.3 Å². The lowest BCUT2D eigenvalue weighted by Gasteiger charge is -2.27. The second kappa shape index (κ2) is 10.3. The Morgan fingerprint density at radius 3 is 1.98 bits per heavy atom. The van der Waals surface area contributed by atoms with Gasteiger partial charge in [-0.3, -0.25) is 0 Å². The van der Waals surface area contributed by atoms with Crippen molar-refractivity contribution in [1.29, 1.82) is 0 Å². The summed E-state index contributed by atoms with van der Waals surface area (Å²) in [5.74, 6) is 0. The molecule has 8 aromatic carbocycles. The van der Waals surface area contributed by atoms with E-state index in [0.717, 1.165) is 49.8 Å². The first-order chi connectivity index (χ1) is 23.3. The van der Waals surface area contributed by atoms with Crippen LogP contribution in [0.1, 0.15) is 0 Å². The molecule has 0 bridgehead atoms. The van der Waals surface area contributed by atoms with Crippen LogP contribution in [0.15, 0.2) is 168 Å². The third-order valence-electron chi connectivity index (χ3n) is 9.44. The van der Waals surface area contributed by atoms with Crippen LogP contribution in [0.5, 0.6) is 0 Å². The van der Waals surface area contributed by atoms with Gasteiger partial charge in [-0.1, -0.05) is 115 Å². The zero-order valence-electron chi connectivity index (χ0n) is 25.4. The van der Waals surface area contributed by atoms with Crippen molar-refractivity contribution >= 4 is 92.1 Å². The largest absolute Gasteiger partial charge is 0.455 e. The molecule has 0 amide bonds. The molecule has 2 heterocycles. The van der Waals surface area contributed by atoms with Gasteiger partial charge in [0, 0.05) is 53.3 Å². The van der Waals surface area contributed by atoms with Crippen LogP contribution in [0.2, 0.25) is 0 Å². The fourth-order valence-corrected chi connectivity index (χ4v) is 8.36. The van der Waals surface area contributed by atoms with Crippen molar-refractivity contribution in [2.75, 3.05) is 4.90 Å². The highest BCUT2D eigenvalue weighted by atomic mass is 32.1. The number of rotatable bonds is 4. The van der Waals surface area contributed by atoms with Crippen LogP contribution in [0.3, 0.4) is 0 Å². The number of thiophene rings is 1. The van der Waals surface area contributed by atoms with Crippen molar-refractivity contribution < 1.29 is 4.42 Å². The highest BCUT2D eigenvalue weighted by Gasteiger charge is 2.20. The molecule has 0 aliphatic carbocycles. The van der Waals surface area contributed by atoms with Gasteiger partial charge in [0.15, 0.2) is 0 Å². The van der Waals surface area contributed by atoms with Crippen LogP contribution in [0, 0.1) is 0 Å². The Bertz CT molecular complexity index is 2810. The van der Waals surface area contributed by atoms with E-state index in [0.29, 0.717) is 0 Å². The summed E-state index contributed by atoms with van der Waals surface area (Å²) < 4.78 is 9.27. The van der Waals surface area contributed by atoms with E-state index in [-0.39, 0.29) is 0 Å². The van der Waals surface area contributed by atoms with Crippen LogP contribution < -0.4 is 4.90 Å². The van der Waals surface area contributed by atoms with Gasteiger partial charge in [-0.2, -0.15) is 0 Å². The van der Waals surface area contributed by atoms with Gasteiger partial charge in [-0.25, -0.2) is 0 Å². The zero-order chi connectivity index (χ0) is 30.9. The average Bonchev–Trinajstić information content (AvgIpc) is 3.71. The standard InChI is InChI=1S/C44H27NOS/c1-2-11-31-27-33(25-19-28(31)9-1)45(39-16-8-18-41-42(39)38-13-5-6-17-40(38)47-41)32-23-20-30(21-24-32)35-14-7-15-36-37-26-22-29-10-3-4-12-34(29)44(37)46-43(35)36/h1-27H. The van der Waals surface area contributed by atoms with E-state index in [9.17, 15) is 0 Å². The van der Waals surface area contributed by atoms with E-state index in [4.69, 9.17) is 4.42 Å². The van der Waals surface area contributed by atoms with E-state index < -0.39 is 0 Å². The van der Waals surface area contributed by atoms with Crippen molar-refractivity contribution in [3.05, 3.63) is 164 Å². The zero-order valence-corrected chi connectivity index (χ0v) is 26.2. The molecule has 0 atom stereocenters. The smallest absolute Gasteiger partial charge is 0.143 e. The third kappa shape index (κ3) is 4.10. The minimum atomic E-state index is 0.924. The molecular formula is C44H27NOS. The quantitative estimate of drug-likeness (QED) is 0.195. The van der Waals surface area contributed by atoms with Gasteiger partial charge in [0.2, 0.25) is 0 Å². The molecule has 2 nitrogen and oxygen atoms in total. The van der Waals surface area contributed by atoms with Gasteiger partial charge in [0.1, 0.15) is 11.2 Å². The van der Waals surface area contributed by atoms with Crippen molar-refractivity contribution in [2.24, 2.45) is 0 Å². The number of hydrogen-bond acceptors (Lipinski definition) is 3. The molecule has 0 aliphatic heterocycles. The summed E-state index contributed by atoms with van der Waals surface area (Å²) >= 11 is 1.85. The molecule has 0 unspecified atom stereocenters. The van der Waals surface area contributed by atoms with E-state index in [1.165, 1.54) is 42.0 Å². The number of anilines is 3. The number of nitrogens with zero attached hydrogens (tertiary/aromatic N) is 1. The maximum absolute atomic E-state index is 6.68. The second-order valence-electron chi connectivity index (χ2n) is 12.1. The molecule has 10 aromatic rings. The molecule has 0 aliphatic rings. The molecule has 2 aromatic heterocycles. The van der Waals surface area contributed by atoms with E-state index >= 15 is 0 Å². The average molecular weight is 618 g/mol. The molecule has 220 valence electrons. The molecule has 0 fully saturated rings. The van der Waals surface area contributed by atoms with Crippen LogP contribution in [-0.2, 0) is 0 Å². The molecule has 0 N–H and O–H groups in total. The van der Waals surface area contributed by atoms with Crippen molar-refractivity contribution in [2.45, 2.75) is 0 Å². The monoisotopic (exact) mass is 617 g/mol. The van der Waals surface area contributed by atoms with E-state index in [1.54, 1.807) is 0 Å². The van der Waals surface area contributed by atoms with Crippen molar-refractivity contribution in [3.63, 3.8) is 0 Å². The summed E-state index contributed by atoms with van der Waals surface area (Å²) in [6.07, 6.45) is 0. The van der Waals surface area contributed by atoms with Gasteiger partial charge >= 0.3 is 0 Å². The SMILES string of the molecule is c1ccc2cc(N(c3ccc(-c4cccc5c4oc4c6ccccc6ccc54)cc3)c3cccc4sc5ccccc5c34)ccc2c1. The number of hydrogen-bond donors (Lipinski definition) is 0. The number of benzene rings is 8. The van der Waals surface area contributed by atoms with Crippen LogP contribution in [0.25, 0.3) is 74.8 Å². The summed E-state index contributed by atoms with van der Waals surface area (Å²) in [7, 11) is 0. The van der Waals surface area contributed by atoms with Crippen LogP contribution in [0.4, 0.5) is 17.1 Å². The second-order valence-corrected chi connectivity index (χ2v) is 13.2. The molecule has 0 saturated carbocycles. The predicted octanol–water partition coefficient (Wildman–Crippen LogP) is 13.4. The number of para-hydroxylation sites is 1. The van der Waals surface area contributed by atoms with Crippen molar-refractivity contribution in [3.8, 4) is 11.1 Å². The minimum absolute atomic E-state index is 0.924. The fraction of sp³-hybridized carbons (Fsp3) is 0. The fourth-order valence-electron chi connectivity index (χ4n) is 7.23. The first-order valence-corrected chi connectivity index (χ1v) is 16.7. The van der Waals surface area contributed by atoms with Gasteiger partial charge in [-0.15, -0.1) is 11.3 Å². The molecule has 0 saturated heterocycles. The molecule has 10 rings (SSSR count). The summed E-state index contributed by atoms with van der Waals surface area (Å²) in [5.41, 5.74) is 7.50. The summed E-state index contributed by atoms with van der Waals surface area (Å²) in [6.45, 7) is 0. The summed E-state index contributed by atoms with van der Waals surface area (Å²) in [6, 6.07) is 59.0. The maximum atomic E-state index is 6.68. The Kier molecular flexibility index (Phi) is 5.78. The summed E-state index contributed by atoms with van der Waals surface area (Å²) in [5, 5.41) is 9.64. The predicted molar refractivity (Wildman–Crippen MR) is 202 cm³/mol. The highest BCUT2D eigenvalue weighted by molar-refractivity contribution is 7.26. The van der Waals surface area contributed by atoms with Crippen LogP contribution >= 0.6 is 11.3 Å². The van der Waals surface area contributed by atoms with Gasteiger partial charge in [-0.05, 0) is 70.3 Å². The maximum Gasteiger partial charge on any atom is 0.143 e. The van der Waals surface area contributed by atoms with Crippen molar-refractivity contribution in [1.82, 2.24) is 0 Å².